The van der Waals surface area contributed by atoms with E-state index in [4.69, 9.17) is 9.47 Å². The lowest BCUT2D eigenvalue weighted by atomic mass is 9.72. The molecule has 2 aliphatic carbocycles. The number of anilines is 1. The zero-order valence-electron chi connectivity index (χ0n) is 21.7. The molecule has 1 amide bonds. The van der Waals surface area contributed by atoms with Crippen LogP contribution in [0.3, 0.4) is 0 Å². The molecule has 4 fully saturated rings. The fraction of sp³-hybridized carbons (Fsp3) is 0.567. The maximum Gasteiger partial charge on any atom is 0.235 e. The van der Waals surface area contributed by atoms with Crippen LogP contribution in [0.25, 0.3) is 0 Å². The van der Waals surface area contributed by atoms with Crippen LogP contribution in [0.4, 0.5) is 5.69 Å². The van der Waals surface area contributed by atoms with Gasteiger partial charge in [0, 0.05) is 31.4 Å². The number of hydrogen-bond acceptors (Lipinski definition) is 6. The number of benzene rings is 2. The second-order valence-corrected chi connectivity index (χ2v) is 11.7. The Morgan fingerprint density at radius 1 is 1.08 bits per heavy atom. The number of ether oxygens (including phenoxy) is 2. The van der Waals surface area contributed by atoms with Crippen molar-refractivity contribution in [2.24, 2.45) is 17.8 Å². The zero-order valence-corrected chi connectivity index (χ0v) is 21.7. The van der Waals surface area contributed by atoms with Crippen molar-refractivity contribution in [2.45, 2.75) is 49.6 Å². The highest BCUT2D eigenvalue weighted by molar-refractivity contribution is 6.09. The van der Waals surface area contributed by atoms with Crippen molar-refractivity contribution in [1.29, 1.82) is 0 Å². The number of carbonyl (C=O) groups excluding carboxylic acids is 1. The number of hydrogen-bond donors (Lipinski definition) is 3. The average Bonchev–Trinajstić information content (AvgIpc) is 3.47. The molecule has 7 nitrogen and oxygen atoms in total. The van der Waals surface area contributed by atoms with E-state index in [1.807, 2.05) is 12.1 Å². The van der Waals surface area contributed by atoms with Gasteiger partial charge in [0.1, 0.15) is 5.75 Å². The van der Waals surface area contributed by atoms with Gasteiger partial charge in [-0.1, -0.05) is 24.3 Å². The Labute approximate surface area is 219 Å². The van der Waals surface area contributed by atoms with Crippen LogP contribution in [0.2, 0.25) is 0 Å². The number of carbonyl (C=O) groups is 1. The van der Waals surface area contributed by atoms with E-state index in [2.05, 4.69) is 51.4 Å². The largest absolute Gasteiger partial charge is 0.497 e. The number of methoxy groups -OCH3 is 1. The first-order chi connectivity index (χ1) is 18.2. The first-order valence-corrected chi connectivity index (χ1v) is 14.1. The van der Waals surface area contributed by atoms with E-state index in [-0.39, 0.29) is 11.3 Å². The smallest absolute Gasteiger partial charge is 0.235 e. The molecule has 6 atom stereocenters. The highest BCUT2D eigenvalue weighted by Gasteiger charge is 2.67. The highest BCUT2D eigenvalue weighted by Crippen LogP contribution is 2.65. The number of fused-ring (bicyclic) bond motifs is 3. The molecule has 37 heavy (non-hydrogen) atoms. The minimum absolute atomic E-state index is 0.187. The van der Waals surface area contributed by atoms with Crippen molar-refractivity contribution < 1.29 is 14.3 Å². The van der Waals surface area contributed by atoms with Crippen molar-refractivity contribution in [3.05, 3.63) is 59.2 Å². The van der Waals surface area contributed by atoms with Gasteiger partial charge in [-0.25, -0.2) is 5.43 Å². The third kappa shape index (κ3) is 4.07. The summed E-state index contributed by atoms with van der Waals surface area (Å²) in [5, 5.41) is 3.15. The molecular weight excluding hydrogens is 464 g/mol. The van der Waals surface area contributed by atoms with Gasteiger partial charge in [0.25, 0.3) is 0 Å². The first kappa shape index (κ1) is 23.7. The quantitative estimate of drug-likeness (QED) is 0.562. The van der Waals surface area contributed by atoms with Gasteiger partial charge in [-0.3, -0.25) is 15.1 Å². The highest BCUT2D eigenvalue weighted by atomic mass is 16.5. The van der Waals surface area contributed by atoms with Crippen molar-refractivity contribution >= 4 is 11.6 Å². The van der Waals surface area contributed by atoms with Gasteiger partial charge < -0.3 is 14.8 Å². The second-order valence-electron chi connectivity index (χ2n) is 11.7. The molecule has 196 valence electrons. The van der Waals surface area contributed by atoms with E-state index in [9.17, 15) is 4.79 Å². The summed E-state index contributed by atoms with van der Waals surface area (Å²) >= 11 is 0. The van der Waals surface area contributed by atoms with Gasteiger partial charge in [-0.05, 0) is 84.7 Å². The van der Waals surface area contributed by atoms with Crippen molar-refractivity contribution in [1.82, 2.24) is 15.8 Å². The third-order valence-electron chi connectivity index (χ3n) is 9.90. The van der Waals surface area contributed by atoms with E-state index in [0.717, 1.165) is 69.1 Å². The standard InChI is InChI=1S/C30H38N4O3/c1-36-22-7-9-26-24(17-22)30(29(35)31-26)18-25(30)21-6-8-23-27(16-21)32-33-28(23)20-4-2-19(3-5-20)10-11-34-12-14-37-15-13-34/h2-5,7,9,17,21,23,25,27-28,32-33H,6,8,10-16,18H2,1H3,(H,31,35)/t21?,23?,25-,27?,28?,30-/m0/s1. The van der Waals surface area contributed by atoms with Crippen molar-refractivity contribution in [3.63, 3.8) is 0 Å². The minimum Gasteiger partial charge on any atom is -0.497 e. The maximum atomic E-state index is 13.1. The van der Waals surface area contributed by atoms with E-state index in [1.54, 1.807) is 7.11 Å². The van der Waals surface area contributed by atoms with Gasteiger partial charge in [-0.15, -0.1) is 0 Å². The van der Waals surface area contributed by atoms with Gasteiger partial charge in [0.2, 0.25) is 5.91 Å². The molecule has 0 aromatic heterocycles. The summed E-state index contributed by atoms with van der Waals surface area (Å²) in [4.78, 5) is 15.6. The van der Waals surface area contributed by atoms with Crippen LogP contribution in [-0.4, -0.2) is 56.8 Å². The Balaban J connectivity index is 0.985. The Bertz CT molecular complexity index is 1160. The lowest BCUT2D eigenvalue weighted by Crippen LogP contribution is -2.37. The summed E-state index contributed by atoms with van der Waals surface area (Å²) in [6, 6.07) is 16.1. The Morgan fingerprint density at radius 3 is 2.73 bits per heavy atom. The summed E-state index contributed by atoms with van der Waals surface area (Å²) in [6.07, 6.45) is 5.57. The SMILES string of the molecule is COc1ccc2c(c1)[C@]1(C[C@H]1C1CCC3C(C1)NNC3c1ccc(CCN3CCOCC3)cc1)C(=O)N2. The third-order valence-corrected chi connectivity index (χ3v) is 9.90. The molecule has 2 saturated heterocycles. The number of hydrazine groups is 1. The maximum absolute atomic E-state index is 13.1. The summed E-state index contributed by atoms with van der Waals surface area (Å²) in [5.74, 6) is 2.61. The second kappa shape index (κ2) is 9.38. The van der Waals surface area contributed by atoms with Crippen LogP contribution in [0.15, 0.2) is 42.5 Å². The van der Waals surface area contributed by atoms with E-state index in [1.165, 1.54) is 24.0 Å². The molecule has 3 N–H and O–H groups in total. The van der Waals surface area contributed by atoms with Crippen LogP contribution >= 0.6 is 0 Å². The van der Waals surface area contributed by atoms with Gasteiger partial charge in [-0.2, -0.15) is 0 Å². The topological polar surface area (TPSA) is 74.9 Å². The van der Waals surface area contributed by atoms with Crippen molar-refractivity contribution in [3.8, 4) is 5.75 Å². The molecule has 3 aliphatic heterocycles. The Kier molecular flexibility index (Phi) is 6.00. The normalized spacial score (nSPS) is 34.7. The van der Waals surface area contributed by atoms with Crippen molar-refractivity contribution in [2.75, 3.05) is 45.3 Å². The molecule has 2 saturated carbocycles. The lowest BCUT2D eigenvalue weighted by molar-refractivity contribution is -0.118. The number of nitrogens with zero attached hydrogens (tertiary/aromatic N) is 1. The number of amides is 1. The van der Waals surface area contributed by atoms with E-state index >= 15 is 0 Å². The molecule has 5 aliphatic rings. The number of rotatable bonds is 6. The Morgan fingerprint density at radius 2 is 1.92 bits per heavy atom. The monoisotopic (exact) mass is 502 g/mol. The molecule has 2 aromatic rings. The van der Waals surface area contributed by atoms with Crippen LogP contribution in [0.1, 0.15) is 48.4 Å². The predicted molar refractivity (Wildman–Crippen MR) is 142 cm³/mol. The summed E-state index contributed by atoms with van der Waals surface area (Å²) in [5.41, 5.74) is 11.8. The first-order valence-electron chi connectivity index (χ1n) is 14.1. The molecular formula is C30H38N4O3. The van der Waals surface area contributed by atoms with Crippen LogP contribution in [0, 0.1) is 17.8 Å². The molecule has 2 aromatic carbocycles. The van der Waals surface area contributed by atoms with Crippen LogP contribution in [0.5, 0.6) is 5.75 Å². The Hall–Kier alpha value is -2.45. The zero-order chi connectivity index (χ0) is 25.0. The van der Waals surface area contributed by atoms with Gasteiger partial charge in [0.05, 0.1) is 31.8 Å². The van der Waals surface area contributed by atoms with Crippen LogP contribution < -0.4 is 20.9 Å². The summed E-state index contributed by atoms with van der Waals surface area (Å²) < 4.78 is 10.9. The molecule has 0 bridgehead atoms. The number of nitrogens with one attached hydrogen (secondary N) is 3. The molecule has 4 unspecified atom stereocenters. The lowest BCUT2D eigenvalue weighted by Gasteiger charge is -2.34. The summed E-state index contributed by atoms with van der Waals surface area (Å²) in [7, 11) is 1.69. The van der Waals surface area contributed by atoms with Crippen LogP contribution in [-0.2, 0) is 21.4 Å². The molecule has 7 rings (SSSR count). The molecule has 0 radical (unpaired) electrons. The summed E-state index contributed by atoms with van der Waals surface area (Å²) in [6.45, 7) is 4.93. The van der Waals surface area contributed by atoms with Gasteiger partial charge >= 0.3 is 0 Å². The number of morpholine rings is 1. The molecule has 3 heterocycles. The van der Waals surface area contributed by atoms with Gasteiger partial charge in [0.15, 0.2) is 0 Å². The molecule has 7 heteroatoms. The fourth-order valence-corrected chi connectivity index (χ4v) is 7.71. The fourth-order valence-electron chi connectivity index (χ4n) is 7.71. The average molecular weight is 503 g/mol. The predicted octanol–water partition coefficient (Wildman–Crippen LogP) is 3.41. The molecule has 1 spiro atoms. The van der Waals surface area contributed by atoms with E-state index < -0.39 is 0 Å². The minimum atomic E-state index is -0.343. The van der Waals surface area contributed by atoms with E-state index in [0.29, 0.717) is 29.8 Å².